The van der Waals surface area contributed by atoms with Gasteiger partial charge in [0, 0.05) is 25.6 Å². The number of amides is 1. The van der Waals surface area contributed by atoms with Crippen molar-refractivity contribution < 1.29 is 9.53 Å². The topological polar surface area (TPSA) is 64.3 Å². The van der Waals surface area contributed by atoms with Crippen LogP contribution in [0.3, 0.4) is 0 Å². The van der Waals surface area contributed by atoms with Crippen LogP contribution in [0, 0.1) is 5.92 Å². The first kappa shape index (κ1) is 14.8. The molecule has 0 radical (unpaired) electrons. The number of rotatable bonds is 5. The predicted molar refractivity (Wildman–Crippen MR) is 75.7 cm³/mol. The lowest BCUT2D eigenvalue weighted by molar-refractivity contribution is -0.122. The van der Waals surface area contributed by atoms with E-state index in [-0.39, 0.29) is 5.91 Å². The van der Waals surface area contributed by atoms with Crippen molar-refractivity contribution in [3.05, 3.63) is 0 Å². The standard InChI is InChI=1S/C15H28N2O2/c1-19-14-7-6-13(10-14)17-15(18)8-5-11-3-2-4-12(16)9-11/h11-14H,2-10,16H2,1H3,(H,17,18). The zero-order valence-electron chi connectivity index (χ0n) is 12.1. The van der Waals surface area contributed by atoms with Gasteiger partial charge >= 0.3 is 0 Å². The zero-order chi connectivity index (χ0) is 13.7. The SMILES string of the molecule is COC1CCC(NC(=O)CCC2CCCC(N)C2)C1. The van der Waals surface area contributed by atoms with Crippen LogP contribution in [0.15, 0.2) is 0 Å². The number of hydrogen-bond acceptors (Lipinski definition) is 3. The van der Waals surface area contributed by atoms with Crippen LogP contribution in [0.1, 0.15) is 57.8 Å². The van der Waals surface area contributed by atoms with Crippen molar-refractivity contribution in [2.24, 2.45) is 11.7 Å². The summed E-state index contributed by atoms with van der Waals surface area (Å²) in [4.78, 5) is 11.9. The largest absolute Gasteiger partial charge is 0.381 e. The van der Waals surface area contributed by atoms with Gasteiger partial charge in [0.05, 0.1) is 6.10 Å². The molecule has 0 bridgehead atoms. The normalized spacial score (nSPS) is 35.3. The van der Waals surface area contributed by atoms with Crippen LogP contribution >= 0.6 is 0 Å². The highest BCUT2D eigenvalue weighted by atomic mass is 16.5. The molecule has 2 fully saturated rings. The summed E-state index contributed by atoms with van der Waals surface area (Å²) in [5.41, 5.74) is 5.98. The average Bonchev–Trinajstić information content (AvgIpc) is 2.84. The summed E-state index contributed by atoms with van der Waals surface area (Å²) >= 11 is 0. The number of nitrogens with two attached hydrogens (primary N) is 1. The van der Waals surface area contributed by atoms with Gasteiger partial charge in [0.2, 0.25) is 5.91 Å². The molecule has 2 rings (SSSR count). The van der Waals surface area contributed by atoms with Crippen molar-refractivity contribution in [3.8, 4) is 0 Å². The fraction of sp³-hybridized carbons (Fsp3) is 0.933. The monoisotopic (exact) mass is 268 g/mol. The van der Waals surface area contributed by atoms with E-state index in [1.165, 1.54) is 12.8 Å². The molecular weight excluding hydrogens is 240 g/mol. The van der Waals surface area contributed by atoms with E-state index in [9.17, 15) is 4.79 Å². The van der Waals surface area contributed by atoms with Crippen molar-refractivity contribution in [1.29, 1.82) is 0 Å². The highest BCUT2D eigenvalue weighted by Gasteiger charge is 2.26. The quantitative estimate of drug-likeness (QED) is 0.801. The Morgan fingerprint density at radius 1 is 1.26 bits per heavy atom. The number of hydrogen-bond donors (Lipinski definition) is 2. The minimum absolute atomic E-state index is 0.209. The average molecular weight is 268 g/mol. The second-order valence-electron chi connectivity index (χ2n) is 6.27. The molecule has 4 nitrogen and oxygen atoms in total. The van der Waals surface area contributed by atoms with Crippen molar-refractivity contribution >= 4 is 5.91 Å². The maximum Gasteiger partial charge on any atom is 0.220 e. The lowest BCUT2D eigenvalue weighted by Gasteiger charge is -2.26. The van der Waals surface area contributed by atoms with Gasteiger partial charge in [-0.1, -0.05) is 12.8 Å². The summed E-state index contributed by atoms with van der Waals surface area (Å²) in [7, 11) is 1.75. The molecule has 0 aromatic heterocycles. The zero-order valence-corrected chi connectivity index (χ0v) is 12.1. The summed E-state index contributed by atoms with van der Waals surface area (Å²) in [5, 5.41) is 3.14. The van der Waals surface area contributed by atoms with E-state index >= 15 is 0 Å². The highest BCUT2D eigenvalue weighted by Crippen LogP contribution is 2.27. The number of ether oxygens (including phenoxy) is 1. The maximum atomic E-state index is 11.9. The van der Waals surface area contributed by atoms with Gasteiger partial charge in [0.1, 0.15) is 0 Å². The van der Waals surface area contributed by atoms with E-state index < -0.39 is 0 Å². The predicted octanol–water partition coefficient (Wildman–Crippen LogP) is 1.97. The Balaban J connectivity index is 1.62. The fourth-order valence-electron chi connectivity index (χ4n) is 3.52. The van der Waals surface area contributed by atoms with E-state index in [0.29, 0.717) is 30.5 Å². The van der Waals surface area contributed by atoms with Crippen molar-refractivity contribution in [1.82, 2.24) is 5.32 Å². The Hall–Kier alpha value is -0.610. The minimum Gasteiger partial charge on any atom is -0.381 e. The van der Waals surface area contributed by atoms with Crippen LogP contribution in [-0.4, -0.2) is 31.2 Å². The Morgan fingerprint density at radius 2 is 2.11 bits per heavy atom. The van der Waals surface area contributed by atoms with Gasteiger partial charge in [-0.3, -0.25) is 4.79 Å². The van der Waals surface area contributed by atoms with Gasteiger partial charge in [-0.05, 0) is 44.4 Å². The third-order valence-electron chi connectivity index (χ3n) is 4.69. The molecule has 3 N–H and O–H groups in total. The number of carbonyl (C=O) groups excluding carboxylic acids is 1. The molecule has 4 atom stereocenters. The van der Waals surface area contributed by atoms with Gasteiger partial charge in [0.25, 0.3) is 0 Å². The van der Waals surface area contributed by atoms with Crippen molar-refractivity contribution in [3.63, 3.8) is 0 Å². The Bertz CT molecular complexity index is 296. The first-order valence-electron chi connectivity index (χ1n) is 7.75. The highest BCUT2D eigenvalue weighted by molar-refractivity contribution is 5.76. The maximum absolute atomic E-state index is 11.9. The van der Waals surface area contributed by atoms with Gasteiger partial charge in [-0.15, -0.1) is 0 Å². The number of nitrogens with one attached hydrogen (secondary N) is 1. The molecule has 19 heavy (non-hydrogen) atoms. The molecule has 1 amide bonds. The summed E-state index contributed by atoms with van der Waals surface area (Å²) in [6.45, 7) is 0. The van der Waals surface area contributed by atoms with Crippen molar-refractivity contribution in [2.75, 3.05) is 7.11 Å². The molecular formula is C15H28N2O2. The van der Waals surface area contributed by atoms with Gasteiger partial charge in [-0.2, -0.15) is 0 Å². The van der Waals surface area contributed by atoms with Crippen LogP contribution < -0.4 is 11.1 Å². The molecule has 0 aliphatic heterocycles. The van der Waals surface area contributed by atoms with Gasteiger partial charge < -0.3 is 15.8 Å². The number of methoxy groups -OCH3 is 1. The van der Waals surface area contributed by atoms with Crippen LogP contribution in [-0.2, 0) is 9.53 Å². The lowest BCUT2D eigenvalue weighted by Crippen LogP contribution is -2.34. The van der Waals surface area contributed by atoms with Crippen LogP contribution in [0.5, 0.6) is 0 Å². The summed E-state index contributed by atoms with van der Waals surface area (Å²) in [6.07, 6.45) is 9.81. The Morgan fingerprint density at radius 3 is 2.79 bits per heavy atom. The van der Waals surface area contributed by atoms with Crippen LogP contribution in [0.25, 0.3) is 0 Å². The van der Waals surface area contributed by atoms with E-state index in [2.05, 4.69) is 5.32 Å². The Kier molecular flexibility index (Phi) is 5.64. The molecule has 4 heteroatoms. The summed E-state index contributed by atoms with van der Waals surface area (Å²) in [5.74, 6) is 0.866. The van der Waals surface area contributed by atoms with E-state index in [1.807, 2.05) is 0 Å². The molecule has 2 aliphatic rings. The number of carbonyl (C=O) groups is 1. The Labute approximate surface area is 116 Å². The first-order chi connectivity index (χ1) is 9.17. The molecule has 0 saturated heterocycles. The molecule has 110 valence electrons. The summed E-state index contributed by atoms with van der Waals surface area (Å²) < 4.78 is 5.32. The third-order valence-corrected chi connectivity index (χ3v) is 4.69. The second kappa shape index (κ2) is 7.25. The molecule has 0 aromatic rings. The second-order valence-corrected chi connectivity index (χ2v) is 6.27. The fourth-order valence-corrected chi connectivity index (χ4v) is 3.52. The van der Waals surface area contributed by atoms with Gasteiger partial charge in [-0.25, -0.2) is 0 Å². The van der Waals surface area contributed by atoms with Crippen LogP contribution in [0.2, 0.25) is 0 Å². The van der Waals surface area contributed by atoms with E-state index in [0.717, 1.165) is 38.5 Å². The van der Waals surface area contributed by atoms with Crippen LogP contribution in [0.4, 0.5) is 0 Å². The molecule has 0 spiro atoms. The van der Waals surface area contributed by atoms with E-state index in [4.69, 9.17) is 10.5 Å². The minimum atomic E-state index is 0.209. The van der Waals surface area contributed by atoms with E-state index in [1.54, 1.807) is 7.11 Å². The molecule has 0 aromatic carbocycles. The smallest absolute Gasteiger partial charge is 0.220 e. The van der Waals surface area contributed by atoms with Gasteiger partial charge in [0.15, 0.2) is 0 Å². The molecule has 2 saturated carbocycles. The lowest BCUT2D eigenvalue weighted by atomic mass is 9.83. The molecule has 2 aliphatic carbocycles. The first-order valence-corrected chi connectivity index (χ1v) is 7.75. The summed E-state index contributed by atoms with van der Waals surface area (Å²) in [6, 6.07) is 0.685. The third kappa shape index (κ3) is 4.77. The van der Waals surface area contributed by atoms with Crippen molar-refractivity contribution in [2.45, 2.75) is 76.0 Å². The molecule has 4 unspecified atom stereocenters. The molecule has 0 heterocycles.